The Bertz CT molecular complexity index is 780. The normalized spacial score (nSPS) is 18.0. The Hall–Kier alpha value is -2.71. The summed E-state index contributed by atoms with van der Waals surface area (Å²) in [6.07, 6.45) is 1.16. The van der Waals surface area contributed by atoms with Crippen LogP contribution in [0.5, 0.6) is 5.75 Å². The molecule has 2 rings (SSSR count). The number of hydrogen-bond acceptors (Lipinski definition) is 4. The van der Waals surface area contributed by atoms with E-state index in [1.165, 1.54) is 23.1 Å². The number of ether oxygens (including phenoxy) is 1. The Morgan fingerprint density at radius 3 is 2.50 bits per heavy atom. The maximum atomic E-state index is 12.9. The van der Waals surface area contributed by atoms with Crippen molar-refractivity contribution in [2.75, 3.05) is 13.1 Å². The Morgan fingerprint density at radius 2 is 1.87 bits per heavy atom. The van der Waals surface area contributed by atoms with E-state index in [-0.39, 0.29) is 29.7 Å². The molecule has 2 N–H and O–H groups in total. The number of carbonyl (C=O) groups is 3. The minimum Gasteiger partial charge on any atom is -0.434 e. The number of carbonyl (C=O) groups excluding carboxylic acids is 3. The number of likely N-dealkylation sites (tertiary alicyclic amines) is 1. The number of benzene rings is 1. The Labute approximate surface area is 175 Å². The number of piperidine rings is 1. The zero-order chi connectivity index (χ0) is 22.5. The molecule has 166 valence electrons. The Kier molecular flexibility index (Phi) is 7.75. The Morgan fingerprint density at radius 1 is 1.20 bits per heavy atom. The lowest BCUT2D eigenvalue weighted by molar-refractivity contribution is -0.132. The highest BCUT2D eigenvalue weighted by Crippen LogP contribution is 2.25. The highest BCUT2D eigenvalue weighted by Gasteiger charge is 2.32. The van der Waals surface area contributed by atoms with Gasteiger partial charge in [0, 0.05) is 18.6 Å². The van der Waals surface area contributed by atoms with Gasteiger partial charge in [-0.05, 0) is 52.7 Å². The first-order chi connectivity index (χ1) is 14.0. The van der Waals surface area contributed by atoms with Crippen molar-refractivity contribution in [3.05, 3.63) is 29.8 Å². The molecule has 1 fully saturated rings. The summed E-state index contributed by atoms with van der Waals surface area (Å²) in [6.45, 7) is 4.65. The summed E-state index contributed by atoms with van der Waals surface area (Å²) in [5.41, 5.74) is -0.394. The molecule has 1 saturated heterocycles. The number of hydrogen-bond donors (Lipinski definition) is 2. The number of alkyl halides is 2. The van der Waals surface area contributed by atoms with Crippen molar-refractivity contribution in [1.82, 2.24) is 15.5 Å². The molecule has 0 saturated carbocycles. The summed E-state index contributed by atoms with van der Waals surface area (Å²) in [7, 11) is 0. The van der Waals surface area contributed by atoms with Crippen molar-refractivity contribution in [2.45, 2.75) is 58.7 Å². The van der Waals surface area contributed by atoms with E-state index in [0.717, 1.165) is 0 Å². The SMILES string of the molecule is CC(NC(=O)C1CCCN(C(=O)c2ccccc2OC(F)F)C1)C(=O)NC(C)(C)C. The van der Waals surface area contributed by atoms with Gasteiger partial charge < -0.3 is 20.3 Å². The van der Waals surface area contributed by atoms with Crippen LogP contribution in [0.3, 0.4) is 0 Å². The molecule has 2 unspecified atom stereocenters. The summed E-state index contributed by atoms with van der Waals surface area (Å²) < 4.78 is 29.7. The van der Waals surface area contributed by atoms with Gasteiger partial charge in [-0.15, -0.1) is 0 Å². The van der Waals surface area contributed by atoms with E-state index in [2.05, 4.69) is 15.4 Å². The molecule has 1 heterocycles. The fourth-order valence-corrected chi connectivity index (χ4v) is 3.26. The van der Waals surface area contributed by atoms with Gasteiger partial charge in [0.05, 0.1) is 11.5 Å². The molecule has 0 bridgehead atoms. The lowest BCUT2D eigenvalue weighted by Gasteiger charge is -2.33. The van der Waals surface area contributed by atoms with Gasteiger partial charge in [-0.1, -0.05) is 12.1 Å². The van der Waals surface area contributed by atoms with E-state index in [4.69, 9.17) is 0 Å². The van der Waals surface area contributed by atoms with Crippen LogP contribution < -0.4 is 15.4 Å². The molecule has 0 spiro atoms. The predicted molar refractivity (Wildman–Crippen MR) is 107 cm³/mol. The van der Waals surface area contributed by atoms with E-state index < -0.39 is 30.0 Å². The maximum absolute atomic E-state index is 12.9. The largest absolute Gasteiger partial charge is 0.434 e. The first-order valence-electron chi connectivity index (χ1n) is 9.93. The highest BCUT2D eigenvalue weighted by atomic mass is 19.3. The van der Waals surface area contributed by atoms with E-state index >= 15 is 0 Å². The molecule has 1 aromatic rings. The molecule has 0 radical (unpaired) electrons. The quantitative estimate of drug-likeness (QED) is 0.733. The van der Waals surface area contributed by atoms with Crippen LogP contribution in [0.1, 0.15) is 50.9 Å². The van der Waals surface area contributed by atoms with Crippen LogP contribution in [0.4, 0.5) is 8.78 Å². The zero-order valence-electron chi connectivity index (χ0n) is 17.7. The van der Waals surface area contributed by atoms with Crippen LogP contribution in [-0.2, 0) is 9.59 Å². The third kappa shape index (κ3) is 6.67. The standard InChI is InChI=1S/C21H29F2N3O4/c1-13(17(27)25-21(2,3)4)24-18(28)14-8-7-11-26(12-14)19(29)15-9-5-6-10-16(15)30-20(22)23/h5-6,9-10,13-14,20H,7-8,11-12H2,1-4H3,(H,24,28)(H,25,27). The third-order valence-corrected chi connectivity index (χ3v) is 4.66. The van der Waals surface area contributed by atoms with Crippen LogP contribution in [0.2, 0.25) is 0 Å². The number of nitrogens with one attached hydrogen (secondary N) is 2. The number of halogens is 2. The molecule has 3 amide bonds. The lowest BCUT2D eigenvalue weighted by atomic mass is 9.96. The van der Waals surface area contributed by atoms with E-state index in [1.807, 2.05) is 20.8 Å². The first kappa shape index (κ1) is 23.6. The van der Waals surface area contributed by atoms with Crippen LogP contribution in [-0.4, -0.2) is 53.9 Å². The molecule has 0 aromatic heterocycles. The molecular weight excluding hydrogens is 396 g/mol. The summed E-state index contributed by atoms with van der Waals surface area (Å²) in [4.78, 5) is 39.2. The topological polar surface area (TPSA) is 87.7 Å². The third-order valence-electron chi connectivity index (χ3n) is 4.66. The molecule has 1 aromatic carbocycles. The number of amides is 3. The minimum atomic E-state index is -3.04. The van der Waals surface area contributed by atoms with Crippen molar-refractivity contribution in [3.63, 3.8) is 0 Å². The van der Waals surface area contributed by atoms with Crippen LogP contribution >= 0.6 is 0 Å². The van der Waals surface area contributed by atoms with Crippen molar-refractivity contribution < 1.29 is 27.9 Å². The number of para-hydroxylation sites is 1. The smallest absolute Gasteiger partial charge is 0.387 e. The van der Waals surface area contributed by atoms with E-state index in [1.54, 1.807) is 13.0 Å². The van der Waals surface area contributed by atoms with E-state index in [9.17, 15) is 23.2 Å². The van der Waals surface area contributed by atoms with Crippen molar-refractivity contribution in [1.29, 1.82) is 0 Å². The second-order valence-corrected chi connectivity index (χ2v) is 8.43. The van der Waals surface area contributed by atoms with E-state index in [0.29, 0.717) is 19.4 Å². The number of nitrogens with zero attached hydrogens (tertiary/aromatic N) is 1. The maximum Gasteiger partial charge on any atom is 0.387 e. The van der Waals surface area contributed by atoms with Gasteiger partial charge in [0.25, 0.3) is 5.91 Å². The van der Waals surface area contributed by atoms with Gasteiger partial charge in [-0.25, -0.2) is 0 Å². The fraction of sp³-hybridized carbons (Fsp3) is 0.571. The summed E-state index contributed by atoms with van der Waals surface area (Å²) in [5.74, 6) is -1.77. The second-order valence-electron chi connectivity index (χ2n) is 8.43. The summed E-state index contributed by atoms with van der Waals surface area (Å²) in [6, 6.07) is 5.08. The molecule has 1 aliphatic rings. The zero-order valence-corrected chi connectivity index (χ0v) is 17.7. The van der Waals surface area contributed by atoms with Crippen LogP contribution in [0, 0.1) is 5.92 Å². The lowest BCUT2D eigenvalue weighted by Crippen LogP contribution is -2.53. The van der Waals surface area contributed by atoms with Crippen molar-refractivity contribution in [3.8, 4) is 5.75 Å². The van der Waals surface area contributed by atoms with Gasteiger partial charge in [-0.2, -0.15) is 8.78 Å². The summed E-state index contributed by atoms with van der Waals surface area (Å²) in [5, 5.41) is 5.50. The first-order valence-corrected chi connectivity index (χ1v) is 9.93. The van der Waals surface area contributed by atoms with Gasteiger partial charge in [-0.3, -0.25) is 14.4 Å². The number of rotatable bonds is 6. The van der Waals surface area contributed by atoms with Gasteiger partial charge in [0.1, 0.15) is 11.8 Å². The molecular formula is C21H29F2N3O4. The molecule has 0 aliphatic carbocycles. The average molecular weight is 425 g/mol. The minimum absolute atomic E-state index is 0.0248. The average Bonchev–Trinajstić information content (AvgIpc) is 2.66. The monoisotopic (exact) mass is 425 g/mol. The van der Waals surface area contributed by atoms with Crippen molar-refractivity contribution >= 4 is 17.7 Å². The van der Waals surface area contributed by atoms with Gasteiger partial charge in [0.15, 0.2) is 0 Å². The van der Waals surface area contributed by atoms with Gasteiger partial charge in [0.2, 0.25) is 11.8 Å². The summed E-state index contributed by atoms with van der Waals surface area (Å²) >= 11 is 0. The molecule has 2 atom stereocenters. The second kappa shape index (κ2) is 9.86. The van der Waals surface area contributed by atoms with Gasteiger partial charge >= 0.3 is 6.61 Å². The van der Waals surface area contributed by atoms with Crippen molar-refractivity contribution in [2.24, 2.45) is 5.92 Å². The van der Waals surface area contributed by atoms with Crippen LogP contribution in [0.25, 0.3) is 0 Å². The molecule has 1 aliphatic heterocycles. The highest BCUT2D eigenvalue weighted by molar-refractivity contribution is 5.97. The molecule has 30 heavy (non-hydrogen) atoms. The predicted octanol–water partition coefficient (Wildman–Crippen LogP) is 2.56. The fourth-order valence-electron chi connectivity index (χ4n) is 3.26. The Balaban J connectivity index is 2.02. The van der Waals surface area contributed by atoms with Crippen LogP contribution in [0.15, 0.2) is 24.3 Å². The molecule has 7 nitrogen and oxygen atoms in total. The molecule has 9 heteroatoms.